The molecule has 0 aliphatic carbocycles. The highest BCUT2D eigenvalue weighted by Gasteiger charge is 2.24. The quantitative estimate of drug-likeness (QED) is 0.876. The number of nitrogens with zero attached hydrogens (tertiary/aromatic N) is 2. The van der Waals surface area contributed by atoms with Gasteiger partial charge in [0, 0.05) is 5.56 Å². The van der Waals surface area contributed by atoms with Crippen LogP contribution >= 0.6 is 11.6 Å². The molecule has 0 aliphatic heterocycles. The molecule has 2 rings (SSSR count). The number of hydrogen-bond acceptors (Lipinski definition) is 3. The third-order valence-corrected chi connectivity index (χ3v) is 3.22. The summed E-state index contributed by atoms with van der Waals surface area (Å²) in [5.41, 5.74) is 1.07. The van der Waals surface area contributed by atoms with E-state index >= 15 is 0 Å². The topological polar surface area (TPSA) is 55.1 Å². The number of aromatic hydroxyl groups is 1. The standard InChI is InChI=1S/C14H15ClN2O2/c1-8(2)17-14(19)12(9(3)16-17)13(18)10-6-4-5-7-11(10)15/h4-8,19H,1-3H3. The van der Waals surface area contributed by atoms with Crippen molar-refractivity contribution in [2.24, 2.45) is 0 Å². The van der Waals surface area contributed by atoms with Crippen LogP contribution in [0.4, 0.5) is 0 Å². The molecule has 0 aliphatic rings. The third-order valence-electron chi connectivity index (χ3n) is 2.89. The summed E-state index contributed by atoms with van der Waals surface area (Å²) in [6.45, 7) is 5.47. The molecule has 0 atom stereocenters. The van der Waals surface area contributed by atoms with E-state index in [1.165, 1.54) is 4.68 Å². The number of rotatable bonds is 3. The summed E-state index contributed by atoms with van der Waals surface area (Å²) in [4.78, 5) is 12.4. The summed E-state index contributed by atoms with van der Waals surface area (Å²) in [6.07, 6.45) is 0. The lowest BCUT2D eigenvalue weighted by molar-refractivity contribution is 0.103. The molecule has 19 heavy (non-hydrogen) atoms. The third kappa shape index (κ3) is 2.36. The van der Waals surface area contributed by atoms with Crippen molar-refractivity contribution in [2.45, 2.75) is 26.8 Å². The highest BCUT2D eigenvalue weighted by atomic mass is 35.5. The maximum absolute atomic E-state index is 12.4. The van der Waals surface area contributed by atoms with Crippen molar-refractivity contribution in [1.82, 2.24) is 9.78 Å². The Morgan fingerprint density at radius 3 is 2.53 bits per heavy atom. The number of hydrogen-bond donors (Lipinski definition) is 1. The molecule has 1 heterocycles. The normalized spacial score (nSPS) is 11.0. The van der Waals surface area contributed by atoms with Crippen LogP contribution in [0.15, 0.2) is 24.3 Å². The smallest absolute Gasteiger partial charge is 0.221 e. The van der Waals surface area contributed by atoms with Crippen LogP contribution in [0.3, 0.4) is 0 Å². The molecular formula is C14H15ClN2O2. The number of carbonyl (C=O) groups is 1. The molecule has 1 aromatic carbocycles. The average molecular weight is 279 g/mol. The molecule has 0 unspecified atom stereocenters. The van der Waals surface area contributed by atoms with Gasteiger partial charge < -0.3 is 5.11 Å². The molecule has 1 N–H and O–H groups in total. The molecule has 5 heteroatoms. The van der Waals surface area contributed by atoms with Crippen LogP contribution in [0.1, 0.15) is 41.5 Å². The first kappa shape index (κ1) is 13.6. The van der Waals surface area contributed by atoms with E-state index in [1.54, 1.807) is 31.2 Å². The molecule has 0 amide bonds. The maximum atomic E-state index is 12.4. The van der Waals surface area contributed by atoms with Gasteiger partial charge in [-0.2, -0.15) is 5.10 Å². The van der Waals surface area contributed by atoms with Gasteiger partial charge in [-0.25, -0.2) is 4.68 Å². The van der Waals surface area contributed by atoms with Gasteiger partial charge in [0.1, 0.15) is 5.56 Å². The molecule has 0 spiro atoms. The van der Waals surface area contributed by atoms with Gasteiger partial charge in [-0.1, -0.05) is 23.7 Å². The van der Waals surface area contributed by atoms with E-state index in [4.69, 9.17) is 11.6 Å². The van der Waals surface area contributed by atoms with Crippen LogP contribution in [-0.2, 0) is 0 Å². The number of benzene rings is 1. The Labute approximate surface area is 116 Å². The van der Waals surface area contributed by atoms with Gasteiger partial charge in [-0.3, -0.25) is 4.79 Å². The van der Waals surface area contributed by atoms with Crippen molar-refractivity contribution in [3.05, 3.63) is 46.1 Å². The van der Waals surface area contributed by atoms with Crippen LogP contribution in [-0.4, -0.2) is 20.7 Å². The molecule has 4 nitrogen and oxygen atoms in total. The lowest BCUT2D eigenvalue weighted by Gasteiger charge is -2.07. The summed E-state index contributed by atoms with van der Waals surface area (Å²) in [5.74, 6) is -0.426. The fourth-order valence-corrected chi connectivity index (χ4v) is 2.16. The Hall–Kier alpha value is -1.81. The van der Waals surface area contributed by atoms with Crippen molar-refractivity contribution in [3.63, 3.8) is 0 Å². The SMILES string of the molecule is Cc1nn(C(C)C)c(O)c1C(=O)c1ccccc1Cl. The summed E-state index contributed by atoms with van der Waals surface area (Å²) in [5, 5.41) is 14.7. The number of ketones is 1. The highest BCUT2D eigenvalue weighted by molar-refractivity contribution is 6.35. The molecule has 0 bridgehead atoms. The van der Waals surface area contributed by atoms with E-state index in [-0.39, 0.29) is 23.3 Å². The zero-order chi connectivity index (χ0) is 14.2. The first-order valence-corrected chi connectivity index (χ1v) is 6.38. The number of aromatic nitrogens is 2. The molecule has 0 saturated carbocycles. The summed E-state index contributed by atoms with van der Waals surface area (Å²) in [7, 11) is 0. The van der Waals surface area contributed by atoms with E-state index in [2.05, 4.69) is 5.10 Å². The van der Waals surface area contributed by atoms with Crippen LogP contribution in [0.25, 0.3) is 0 Å². The molecule has 2 aromatic rings. The lowest BCUT2D eigenvalue weighted by atomic mass is 10.0. The Morgan fingerprint density at radius 1 is 1.37 bits per heavy atom. The maximum Gasteiger partial charge on any atom is 0.221 e. The van der Waals surface area contributed by atoms with Crippen molar-refractivity contribution in [3.8, 4) is 5.88 Å². The van der Waals surface area contributed by atoms with Crippen LogP contribution in [0.2, 0.25) is 5.02 Å². The van der Waals surface area contributed by atoms with Crippen molar-refractivity contribution >= 4 is 17.4 Å². The first-order valence-electron chi connectivity index (χ1n) is 6.00. The fraction of sp³-hybridized carbons (Fsp3) is 0.286. The number of halogens is 1. The second kappa shape index (κ2) is 5.05. The predicted molar refractivity (Wildman–Crippen MR) is 73.9 cm³/mol. The minimum Gasteiger partial charge on any atom is -0.493 e. The van der Waals surface area contributed by atoms with Crippen molar-refractivity contribution in [2.75, 3.05) is 0 Å². The Kier molecular flexibility index (Phi) is 3.62. The molecule has 0 fully saturated rings. The van der Waals surface area contributed by atoms with Gasteiger partial charge in [0.05, 0.1) is 16.8 Å². The fourth-order valence-electron chi connectivity index (χ4n) is 1.94. The summed E-state index contributed by atoms with van der Waals surface area (Å²) in [6, 6.07) is 6.75. The van der Waals surface area contributed by atoms with Gasteiger partial charge in [-0.05, 0) is 32.9 Å². The largest absolute Gasteiger partial charge is 0.493 e. The Bertz CT molecular complexity index is 632. The lowest BCUT2D eigenvalue weighted by Crippen LogP contribution is -2.04. The minimum atomic E-state index is -0.312. The van der Waals surface area contributed by atoms with Crippen molar-refractivity contribution in [1.29, 1.82) is 0 Å². The van der Waals surface area contributed by atoms with Gasteiger partial charge in [-0.15, -0.1) is 0 Å². The van der Waals surface area contributed by atoms with Crippen LogP contribution in [0, 0.1) is 6.92 Å². The summed E-state index contributed by atoms with van der Waals surface area (Å²) < 4.78 is 1.43. The van der Waals surface area contributed by atoms with E-state index in [0.29, 0.717) is 16.3 Å². The molecule has 0 radical (unpaired) electrons. The molecule has 1 aromatic heterocycles. The van der Waals surface area contributed by atoms with E-state index in [0.717, 1.165) is 0 Å². The number of carbonyl (C=O) groups excluding carboxylic acids is 1. The van der Waals surface area contributed by atoms with E-state index < -0.39 is 0 Å². The van der Waals surface area contributed by atoms with E-state index in [9.17, 15) is 9.90 Å². The van der Waals surface area contributed by atoms with Gasteiger partial charge in [0.2, 0.25) is 11.7 Å². The van der Waals surface area contributed by atoms with Gasteiger partial charge in [0.15, 0.2) is 0 Å². The molecular weight excluding hydrogens is 264 g/mol. The van der Waals surface area contributed by atoms with Gasteiger partial charge >= 0.3 is 0 Å². The van der Waals surface area contributed by atoms with Crippen LogP contribution < -0.4 is 0 Å². The van der Waals surface area contributed by atoms with Crippen LogP contribution in [0.5, 0.6) is 5.88 Å². The Balaban J connectivity index is 2.54. The zero-order valence-corrected chi connectivity index (χ0v) is 11.8. The predicted octanol–water partition coefficient (Wildman–Crippen LogP) is 3.36. The molecule has 100 valence electrons. The Morgan fingerprint density at radius 2 is 2.00 bits per heavy atom. The van der Waals surface area contributed by atoms with E-state index in [1.807, 2.05) is 13.8 Å². The monoisotopic (exact) mass is 278 g/mol. The number of aryl methyl sites for hydroxylation is 1. The summed E-state index contributed by atoms with van der Waals surface area (Å²) >= 11 is 6.01. The molecule has 0 saturated heterocycles. The second-order valence-electron chi connectivity index (χ2n) is 4.63. The average Bonchev–Trinajstić information content (AvgIpc) is 2.65. The first-order chi connectivity index (χ1) is 8.93. The zero-order valence-electron chi connectivity index (χ0n) is 11.0. The van der Waals surface area contributed by atoms with Gasteiger partial charge in [0.25, 0.3) is 0 Å². The second-order valence-corrected chi connectivity index (χ2v) is 5.04. The highest BCUT2D eigenvalue weighted by Crippen LogP contribution is 2.28. The van der Waals surface area contributed by atoms with Crippen molar-refractivity contribution < 1.29 is 9.90 Å². The minimum absolute atomic E-state index is 0.0218.